The van der Waals surface area contributed by atoms with Crippen molar-refractivity contribution in [1.29, 1.82) is 0 Å². The van der Waals surface area contributed by atoms with E-state index in [1.54, 1.807) is 30.5 Å². The fourth-order valence-electron chi connectivity index (χ4n) is 6.71. The summed E-state index contributed by atoms with van der Waals surface area (Å²) in [5.74, 6) is -0.827. The normalized spacial score (nSPS) is 22.9. The Morgan fingerprint density at radius 2 is 1.77 bits per heavy atom. The molecule has 3 aliphatic carbocycles. The standard InChI is InChI=1S/C27H33F3N10O4/c1-5-16-19(37-6-8-38(9-7-37)21(43)18-20(42)15(2)31-14-32-18)22(44)40-24(33-23(35-40)36(3)4)39(16)10-17(41)34-26-11-25(12-26,13-26)27(28,29)30/h14,42H,5-13H2,1-4H3,(H,34,41). The molecule has 14 nitrogen and oxygen atoms in total. The van der Waals surface area contributed by atoms with Gasteiger partial charge >= 0.3 is 6.18 Å². The molecular weight excluding hydrogens is 585 g/mol. The molecule has 1 aliphatic heterocycles. The summed E-state index contributed by atoms with van der Waals surface area (Å²) in [7, 11) is 3.43. The van der Waals surface area contributed by atoms with Gasteiger partial charge in [-0.3, -0.25) is 14.4 Å². The van der Waals surface area contributed by atoms with E-state index in [2.05, 4.69) is 25.4 Å². The highest BCUT2D eigenvalue weighted by molar-refractivity contribution is 5.95. The lowest BCUT2D eigenvalue weighted by Gasteiger charge is -2.70. The summed E-state index contributed by atoms with van der Waals surface area (Å²) in [6.45, 7) is 4.14. The van der Waals surface area contributed by atoms with E-state index >= 15 is 0 Å². The lowest BCUT2D eigenvalue weighted by Crippen LogP contribution is -2.78. The van der Waals surface area contributed by atoms with Gasteiger partial charge in [0.2, 0.25) is 17.6 Å². The van der Waals surface area contributed by atoms with Crippen LogP contribution in [0, 0.1) is 12.3 Å². The molecule has 44 heavy (non-hydrogen) atoms. The maximum Gasteiger partial charge on any atom is 0.394 e. The topological polar surface area (TPSA) is 154 Å². The van der Waals surface area contributed by atoms with Gasteiger partial charge in [-0.1, -0.05) is 6.92 Å². The number of hydrogen-bond donors (Lipinski definition) is 2. The lowest BCUT2D eigenvalue weighted by atomic mass is 9.39. The maximum absolute atomic E-state index is 13.9. The average Bonchev–Trinajstić information content (AvgIpc) is 3.38. The van der Waals surface area contributed by atoms with Crippen LogP contribution in [0.4, 0.5) is 24.8 Å². The number of halogens is 3. The van der Waals surface area contributed by atoms with E-state index < -0.39 is 34.5 Å². The average molecular weight is 619 g/mol. The number of amides is 2. The minimum absolute atomic E-state index is 0.0984. The number of nitrogens with zero attached hydrogens (tertiary/aromatic N) is 9. The van der Waals surface area contributed by atoms with Crippen molar-refractivity contribution in [3.8, 4) is 5.75 Å². The molecule has 3 aromatic heterocycles. The largest absolute Gasteiger partial charge is 0.504 e. The van der Waals surface area contributed by atoms with E-state index in [9.17, 15) is 32.7 Å². The molecular formula is C27H33F3N10O4. The third-order valence-corrected chi connectivity index (χ3v) is 8.98. The molecule has 4 heterocycles. The zero-order chi connectivity index (χ0) is 31.8. The predicted molar refractivity (Wildman–Crippen MR) is 151 cm³/mol. The molecule has 7 rings (SSSR count). The van der Waals surface area contributed by atoms with Crippen LogP contribution in [0.5, 0.6) is 5.75 Å². The fourth-order valence-corrected chi connectivity index (χ4v) is 6.71. The highest BCUT2D eigenvalue weighted by Crippen LogP contribution is 2.73. The van der Waals surface area contributed by atoms with Crippen LogP contribution in [0.25, 0.3) is 5.78 Å². The van der Waals surface area contributed by atoms with Crippen LogP contribution in [0.1, 0.15) is 48.1 Å². The summed E-state index contributed by atoms with van der Waals surface area (Å²) in [4.78, 5) is 57.6. The summed E-state index contributed by atoms with van der Waals surface area (Å²) < 4.78 is 42.8. The van der Waals surface area contributed by atoms with Gasteiger partial charge in [-0.15, -0.1) is 5.10 Å². The molecule has 0 spiro atoms. The summed E-state index contributed by atoms with van der Waals surface area (Å²) >= 11 is 0. The fraction of sp³-hybridized carbons (Fsp3) is 0.593. The van der Waals surface area contributed by atoms with Gasteiger partial charge in [0.05, 0.1) is 16.8 Å². The lowest BCUT2D eigenvalue weighted by molar-refractivity contribution is -0.337. The van der Waals surface area contributed by atoms with Crippen molar-refractivity contribution in [2.75, 3.05) is 50.1 Å². The number of aromatic hydroxyl groups is 1. The van der Waals surface area contributed by atoms with Gasteiger partial charge in [0, 0.05) is 45.8 Å². The number of carbonyl (C=O) groups is 2. The van der Waals surface area contributed by atoms with Gasteiger partial charge in [0.15, 0.2) is 11.4 Å². The molecule has 0 atom stereocenters. The van der Waals surface area contributed by atoms with Crippen LogP contribution in [0.15, 0.2) is 11.1 Å². The van der Waals surface area contributed by atoms with Gasteiger partial charge in [-0.2, -0.15) is 22.7 Å². The van der Waals surface area contributed by atoms with E-state index in [1.807, 2.05) is 11.8 Å². The maximum atomic E-state index is 13.9. The summed E-state index contributed by atoms with van der Waals surface area (Å²) in [5, 5.41) is 17.5. The molecule has 0 unspecified atom stereocenters. The number of fused-ring (bicyclic) bond motifs is 1. The minimum Gasteiger partial charge on any atom is -0.504 e. The molecule has 3 saturated carbocycles. The van der Waals surface area contributed by atoms with E-state index in [-0.39, 0.29) is 80.8 Å². The molecule has 1 saturated heterocycles. The third kappa shape index (κ3) is 4.51. The Labute approximate surface area is 249 Å². The number of rotatable bonds is 7. The number of nitrogens with one attached hydrogen (secondary N) is 1. The van der Waals surface area contributed by atoms with Crippen LogP contribution in [-0.4, -0.2) is 103 Å². The first-order valence-electron chi connectivity index (χ1n) is 14.3. The first-order valence-corrected chi connectivity index (χ1v) is 14.3. The number of anilines is 2. The first-order chi connectivity index (χ1) is 20.7. The van der Waals surface area contributed by atoms with E-state index in [0.717, 1.165) is 4.52 Å². The second kappa shape index (κ2) is 10.1. The Balaban J connectivity index is 1.28. The monoisotopic (exact) mass is 618 g/mol. The Morgan fingerprint density at radius 1 is 1.11 bits per heavy atom. The van der Waals surface area contributed by atoms with Crippen LogP contribution in [0.2, 0.25) is 0 Å². The van der Waals surface area contributed by atoms with E-state index in [1.165, 1.54) is 11.2 Å². The summed E-state index contributed by atoms with van der Waals surface area (Å²) in [6, 6.07) is 0. The van der Waals surface area contributed by atoms with Crippen molar-refractivity contribution in [3.05, 3.63) is 33.8 Å². The highest BCUT2D eigenvalue weighted by Gasteiger charge is 2.78. The number of alkyl halides is 3. The van der Waals surface area contributed by atoms with Crippen LogP contribution in [0.3, 0.4) is 0 Å². The van der Waals surface area contributed by atoms with Crippen molar-refractivity contribution >= 4 is 29.2 Å². The van der Waals surface area contributed by atoms with Crippen molar-refractivity contribution < 1.29 is 27.9 Å². The molecule has 3 aromatic rings. The van der Waals surface area contributed by atoms with Gasteiger partial charge in [0.25, 0.3) is 11.5 Å². The Kier molecular flexibility index (Phi) is 6.77. The Morgan fingerprint density at radius 3 is 2.36 bits per heavy atom. The quantitative estimate of drug-likeness (QED) is 0.390. The van der Waals surface area contributed by atoms with Crippen LogP contribution in [-0.2, 0) is 17.8 Å². The number of aryl methyl sites for hydroxylation is 1. The SMILES string of the molecule is CCc1c(N2CCN(C(=O)c3ncnc(C)c3O)CC2)c(=O)n2nc(N(C)C)nc2n1CC(=O)NC12CC(C(F)(F)F)(C1)C2. The van der Waals surface area contributed by atoms with Crippen molar-refractivity contribution in [2.24, 2.45) is 5.41 Å². The van der Waals surface area contributed by atoms with E-state index in [4.69, 9.17) is 0 Å². The van der Waals surface area contributed by atoms with Gasteiger partial charge in [-0.25, -0.2) is 9.97 Å². The summed E-state index contributed by atoms with van der Waals surface area (Å²) in [5.41, 5.74) is -2.00. The second-order valence-electron chi connectivity index (χ2n) is 12.1. The van der Waals surface area contributed by atoms with Crippen LogP contribution >= 0.6 is 0 Å². The van der Waals surface area contributed by atoms with Gasteiger partial charge < -0.3 is 29.7 Å². The zero-order valence-corrected chi connectivity index (χ0v) is 24.8. The zero-order valence-electron chi connectivity index (χ0n) is 24.8. The Hall–Kier alpha value is -4.44. The molecule has 236 valence electrons. The van der Waals surface area contributed by atoms with E-state index in [0.29, 0.717) is 17.8 Å². The van der Waals surface area contributed by atoms with Gasteiger partial charge in [-0.05, 0) is 32.6 Å². The number of hydrogen-bond acceptors (Lipinski definition) is 10. The number of carbonyl (C=O) groups excluding carboxylic acids is 2. The smallest absolute Gasteiger partial charge is 0.394 e. The molecule has 0 radical (unpaired) electrons. The first kappa shape index (κ1) is 29.6. The molecule has 0 aromatic carbocycles. The van der Waals surface area contributed by atoms with Gasteiger partial charge in [0.1, 0.15) is 18.6 Å². The van der Waals surface area contributed by atoms with Crippen molar-refractivity contribution in [1.82, 2.24) is 39.3 Å². The molecule has 2 N–H and O–H groups in total. The molecule has 2 bridgehead atoms. The summed E-state index contributed by atoms with van der Waals surface area (Å²) in [6.07, 6.45) is -3.14. The number of aromatic nitrogens is 6. The molecule has 17 heteroatoms. The highest BCUT2D eigenvalue weighted by atomic mass is 19.4. The molecule has 2 amide bonds. The second-order valence-corrected chi connectivity index (χ2v) is 12.1. The predicted octanol–water partition coefficient (Wildman–Crippen LogP) is 0.887. The molecule has 4 aliphatic rings. The minimum atomic E-state index is -4.29. The van der Waals surface area contributed by atoms with Crippen LogP contribution < -0.4 is 20.7 Å². The van der Waals surface area contributed by atoms with Crippen molar-refractivity contribution in [3.63, 3.8) is 0 Å². The third-order valence-electron chi connectivity index (χ3n) is 8.98. The van der Waals surface area contributed by atoms with Crippen molar-refractivity contribution in [2.45, 2.75) is 57.8 Å². The number of piperazine rings is 1. The molecule has 4 fully saturated rings. The Bertz CT molecular complexity index is 1710.